The summed E-state index contributed by atoms with van der Waals surface area (Å²) in [7, 11) is 1.73. The lowest BCUT2D eigenvalue weighted by Gasteiger charge is -2.22. The van der Waals surface area contributed by atoms with E-state index in [2.05, 4.69) is 31.2 Å². The van der Waals surface area contributed by atoms with Crippen LogP contribution in [0.4, 0.5) is 5.69 Å². The van der Waals surface area contributed by atoms with Crippen molar-refractivity contribution in [3.8, 4) is 0 Å². The van der Waals surface area contributed by atoms with E-state index >= 15 is 0 Å². The molecule has 0 aliphatic carbocycles. The summed E-state index contributed by atoms with van der Waals surface area (Å²) in [5.74, 6) is -0.160. The number of carbonyl (C=O) groups excluding carboxylic acids is 1. The fourth-order valence-electron chi connectivity index (χ4n) is 1.47. The second kappa shape index (κ2) is 4.77. The van der Waals surface area contributed by atoms with Gasteiger partial charge in [-0.05, 0) is 18.8 Å². The molecule has 0 fully saturated rings. The smallest absolute Gasteiger partial charge is 0.271 e. The van der Waals surface area contributed by atoms with Crippen LogP contribution in [0.25, 0.3) is 0 Å². The molecule has 1 aromatic rings. The number of nitrogen functional groups attached to an aromatic ring is 1. The summed E-state index contributed by atoms with van der Waals surface area (Å²) in [6.45, 7) is 8.76. The fraction of sp³-hybridized carbons (Fsp3) is 0.667. The summed E-state index contributed by atoms with van der Waals surface area (Å²) in [5.41, 5.74) is 7.51. The maximum atomic E-state index is 12.0. The zero-order valence-corrected chi connectivity index (χ0v) is 11.3. The third-order valence-corrected chi connectivity index (χ3v) is 3.17. The lowest BCUT2D eigenvalue weighted by molar-refractivity contribution is 0.0927. The van der Waals surface area contributed by atoms with Gasteiger partial charge in [-0.3, -0.25) is 9.48 Å². The summed E-state index contributed by atoms with van der Waals surface area (Å²) < 4.78 is 1.53. The highest BCUT2D eigenvalue weighted by Gasteiger charge is 2.21. The first-order valence-electron chi connectivity index (χ1n) is 5.85. The van der Waals surface area contributed by atoms with E-state index in [1.165, 1.54) is 4.68 Å². The van der Waals surface area contributed by atoms with Crippen LogP contribution in [0, 0.1) is 12.3 Å². The van der Waals surface area contributed by atoms with Gasteiger partial charge in [0.15, 0.2) is 0 Å². The van der Waals surface area contributed by atoms with Crippen LogP contribution < -0.4 is 11.1 Å². The van der Waals surface area contributed by atoms with Crippen molar-refractivity contribution in [3.05, 3.63) is 11.4 Å². The van der Waals surface area contributed by atoms with Crippen LogP contribution >= 0.6 is 0 Å². The number of aryl methyl sites for hydroxylation is 2. The molecule has 0 aromatic carbocycles. The minimum Gasteiger partial charge on any atom is -0.395 e. The summed E-state index contributed by atoms with van der Waals surface area (Å²) in [6.07, 6.45) is 1.01. The number of carbonyl (C=O) groups is 1. The SMILES string of the molecule is CCC(C)(C)CNC(=O)c1c(N)c(C)nn1C. The molecule has 0 unspecified atom stereocenters. The van der Waals surface area contributed by atoms with Crippen LogP contribution in [0.5, 0.6) is 0 Å². The van der Waals surface area contributed by atoms with E-state index in [4.69, 9.17) is 5.73 Å². The van der Waals surface area contributed by atoms with Gasteiger partial charge in [0.25, 0.3) is 5.91 Å². The van der Waals surface area contributed by atoms with Gasteiger partial charge in [0.05, 0.1) is 11.4 Å². The molecule has 0 saturated carbocycles. The zero-order chi connectivity index (χ0) is 13.2. The normalized spacial score (nSPS) is 11.6. The molecule has 0 spiro atoms. The number of hydrogen-bond acceptors (Lipinski definition) is 3. The van der Waals surface area contributed by atoms with Crippen molar-refractivity contribution in [3.63, 3.8) is 0 Å². The van der Waals surface area contributed by atoms with Crippen molar-refractivity contribution in [1.29, 1.82) is 0 Å². The van der Waals surface area contributed by atoms with E-state index in [1.807, 2.05) is 0 Å². The number of hydrogen-bond donors (Lipinski definition) is 2. The van der Waals surface area contributed by atoms with Gasteiger partial charge in [-0.2, -0.15) is 5.10 Å². The van der Waals surface area contributed by atoms with Crippen LogP contribution in [-0.4, -0.2) is 22.2 Å². The Labute approximate surface area is 102 Å². The number of amides is 1. The number of nitrogens with zero attached hydrogens (tertiary/aromatic N) is 2. The molecule has 0 bridgehead atoms. The summed E-state index contributed by atoms with van der Waals surface area (Å²) in [6, 6.07) is 0. The minimum absolute atomic E-state index is 0.0953. The van der Waals surface area contributed by atoms with E-state index in [0.29, 0.717) is 23.6 Å². The minimum atomic E-state index is -0.160. The first-order valence-corrected chi connectivity index (χ1v) is 5.85. The molecule has 5 nitrogen and oxygen atoms in total. The molecular formula is C12H22N4O. The van der Waals surface area contributed by atoms with E-state index in [9.17, 15) is 4.79 Å². The van der Waals surface area contributed by atoms with Crippen molar-refractivity contribution in [1.82, 2.24) is 15.1 Å². The Hall–Kier alpha value is -1.52. The Kier molecular flexibility index (Phi) is 3.80. The molecule has 1 heterocycles. The molecule has 0 aliphatic rings. The molecule has 0 aliphatic heterocycles. The molecule has 0 atom stereocenters. The number of nitrogens with two attached hydrogens (primary N) is 1. The maximum Gasteiger partial charge on any atom is 0.271 e. The van der Waals surface area contributed by atoms with Crippen molar-refractivity contribution < 1.29 is 4.79 Å². The largest absolute Gasteiger partial charge is 0.395 e. The molecule has 0 radical (unpaired) electrons. The van der Waals surface area contributed by atoms with E-state index < -0.39 is 0 Å². The second-order valence-corrected chi connectivity index (χ2v) is 5.17. The number of aromatic nitrogens is 2. The second-order valence-electron chi connectivity index (χ2n) is 5.17. The quantitative estimate of drug-likeness (QED) is 0.834. The first-order chi connectivity index (χ1) is 7.78. The third kappa shape index (κ3) is 2.99. The average molecular weight is 238 g/mol. The van der Waals surface area contributed by atoms with E-state index in [-0.39, 0.29) is 11.3 Å². The number of rotatable bonds is 4. The van der Waals surface area contributed by atoms with Crippen LogP contribution in [0.3, 0.4) is 0 Å². The lowest BCUT2D eigenvalue weighted by Crippen LogP contribution is -2.34. The van der Waals surface area contributed by atoms with E-state index in [1.54, 1.807) is 14.0 Å². The Bertz CT molecular complexity index is 420. The van der Waals surface area contributed by atoms with Gasteiger partial charge in [-0.25, -0.2) is 0 Å². The van der Waals surface area contributed by atoms with Gasteiger partial charge in [-0.15, -0.1) is 0 Å². The highest BCUT2D eigenvalue weighted by Crippen LogP contribution is 2.19. The molecule has 17 heavy (non-hydrogen) atoms. The van der Waals surface area contributed by atoms with Crippen molar-refractivity contribution in [2.75, 3.05) is 12.3 Å². The zero-order valence-electron chi connectivity index (χ0n) is 11.3. The summed E-state index contributed by atoms with van der Waals surface area (Å²) in [5, 5.41) is 7.03. The van der Waals surface area contributed by atoms with Gasteiger partial charge in [0.2, 0.25) is 0 Å². The monoisotopic (exact) mass is 238 g/mol. The molecule has 1 rings (SSSR count). The molecule has 1 aromatic heterocycles. The van der Waals surface area contributed by atoms with Crippen LogP contribution in [0.2, 0.25) is 0 Å². The van der Waals surface area contributed by atoms with Crippen LogP contribution in [0.1, 0.15) is 43.4 Å². The van der Waals surface area contributed by atoms with Gasteiger partial charge < -0.3 is 11.1 Å². The van der Waals surface area contributed by atoms with E-state index in [0.717, 1.165) is 6.42 Å². The Morgan fingerprint density at radius 1 is 1.53 bits per heavy atom. The summed E-state index contributed by atoms with van der Waals surface area (Å²) >= 11 is 0. The van der Waals surface area contributed by atoms with Crippen LogP contribution in [0.15, 0.2) is 0 Å². The summed E-state index contributed by atoms with van der Waals surface area (Å²) in [4.78, 5) is 12.0. The predicted molar refractivity (Wildman–Crippen MR) is 68.8 cm³/mol. The van der Waals surface area contributed by atoms with Gasteiger partial charge in [-0.1, -0.05) is 20.8 Å². The highest BCUT2D eigenvalue weighted by molar-refractivity contribution is 5.97. The molecule has 0 saturated heterocycles. The number of nitrogens with one attached hydrogen (secondary N) is 1. The van der Waals surface area contributed by atoms with Gasteiger partial charge in [0, 0.05) is 13.6 Å². The topological polar surface area (TPSA) is 72.9 Å². The Morgan fingerprint density at radius 3 is 2.53 bits per heavy atom. The van der Waals surface area contributed by atoms with Crippen molar-refractivity contribution in [2.45, 2.75) is 34.1 Å². The Morgan fingerprint density at radius 2 is 2.12 bits per heavy atom. The maximum absolute atomic E-state index is 12.0. The van der Waals surface area contributed by atoms with Crippen LogP contribution in [-0.2, 0) is 7.05 Å². The standard InChI is InChI=1S/C12H22N4O/c1-6-12(3,4)7-14-11(17)10-9(13)8(2)15-16(10)5/h6-7,13H2,1-5H3,(H,14,17). The van der Waals surface area contributed by atoms with Gasteiger partial charge >= 0.3 is 0 Å². The molecular weight excluding hydrogens is 216 g/mol. The average Bonchev–Trinajstić information content (AvgIpc) is 2.50. The van der Waals surface area contributed by atoms with Gasteiger partial charge in [0.1, 0.15) is 5.69 Å². The fourth-order valence-corrected chi connectivity index (χ4v) is 1.47. The highest BCUT2D eigenvalue weighted by atomic mass is 16.2. The first kappa shape index (κ1) is 13.5. The molecule has 5 heteroatoms. The molecule has 1 amide bonds. The lowest BCUT2D eigenvalue weighted by atomic mass is 9.90. The predicted octanol–water partition coefficient (Wildman–Crippen LogP) is 1.48. The van der Waals surface area contributed by atoms with Crippen molar-refractivity contribution in [2.24, 2.45) is 12.5 Å². The third-order valence-electron chi connectivity index (χ3n) is 3.17. The molecule has 96 valence electrons. The van der Waals surface area contributed by atoms with Crippen molar-refractivity contribution >= 4 is 11.6 Å². The molecule has 3 N–H and O–H groups in total. The Balaban J connectivity index is 2.78. The number of anilines is 1.